The molecule has 3 aromatic rings. The van der Waals surface area contributed by atoms with Crippen LogP contribution in [-0.2, 0) is 17.2 Å². The van der Waals surface area contributed by atoms with Crippen molar-refractivity contribution < 1.29 is 17.7 Å². The van der Waals surface area contributed by atoms with Gasteiger partial charge in [-0.25, -0.2) is 4.68 Å². The topological polar surface area (TPSA) is 131 Å². The molecule has 1 aliphatic rings. The van der Waals surface area contributed by atoms with Crippen molar-refractivity contribution in [1.82, 2.24) is 14.8 Å². The Morgan fingerprint density at radius 1 is 1.00 bits per heavy atom. The average molecular weight is 530 g/mol. The largest absolute Gasteiger partial charge is 0.393 e. The van der Waals surface area contributed by atoms with E-state index in [1.807, 2.05) is 39.8 Å². The quantitative estimate of drug-likeness (QED) is 0.442. The van der Waals surface area contributed by atoms with Crippen molar-refractivity contribution in [2.75, 3.05) is 0 Å². The summed E-state index contributed by atoms with van der Waals surface area (Å²) < 4.78 is 34.7. The van der Waals surface area contributed by atoms with Crippen molar-refractivity contribution in [3.63, 3.8) is 0 Å². The van der Waals surface area contributed by atoms with Crippen LogP contribution in [0.15, 0.2) is 32.7 Å². The molecular weight excluding hydrogens is 494 g/mol. The Labute approximate surface area is 216 Å². The summed E-state index contributed by atoms with van der Waals surface area (Å²) in [4.78, 5) is 28.1. The van der Waals surface area contributed by atoms with Crippen molar-refractivity contribution in [1.29, 1.82) is 0 Å². The predicted molar refractivity (Wildman–Crippen MR) is 142 cm³/mol. The van der Waals surface area contributed by atoms with Gasteiger partial charge >= 0.3 is 10.1 Å². The van der Waals surface area contributed by atoms with Crippen molar-refractivity contribution in [3.8, 4) is 5.88 Å². The molecule has 0 spiro atoms. The summed E-state index contributed by atoms with van der Waals surface area (Å²) in [7, 11) is -3.02. The number of fused-ring (bicyclic) bond motifs is 1. The first-order valence-corrected chi connectivity index (χ1v) is 14.1. The third-order valence-electron chi connectivity index (χ3n) is 7.09. The second-order valence-electron chi connectivity index (χ2n) is 10.9. The van der Waals surface area contributed by atoms with Crippen LogP contribution in [0.4, 0.5) is 0 Å². The molecule has 0 amide bonds. The summed E-state index contributed by atoms with van der Waals surface area (Å²) in [5.74, 6) is -0.523. The highest BCUT2D eigenvalue weighted by Crippen LogP contribution is 2.41. The zero-order valence-electron chi connectivity index (χ0n) is 22.3. The molecule has 0 atom stereocenters. The van der Waals surface area contributed by atoms with Crippen LogP contribution in [0.5, 0.6) is 5.88 Å². The molecular formula is C27H35N3O6S. The number of hydrogen-bond acceptors (Lipinski definition) is 7. The van der Waals surface area contributed by atoms with Crippen LogP contribution in [-0.4, -0.2) is 34.4 Å². The van der Waals surface area contributed by atoms with Crippen LogP contribution in [0.3, 0.4) is 0 Å². The molecule has 0 saturated heterocycles. The van der Waals surface area contributed by atoms with E-state index in [1.165, 1.54) is 7.05 Å². The first kappa shape index (κ1) is 27.1. The second kappa shape index (κ2) is 9.72. The Morgan fingerprint density at radius 2 is 1.57 bits per heavy atom. The summed E-state index contributed by atoms with van der Waals surface area (Å²) in [6.45, 7) is 11.9. The number of aromatic nitrogens is 3. The fraction of sp³-hybridized carbons (Fsp3) is 0.519. The third-order valence-corrected chi connectivity index (χ3v) is 8.44. The summed E-state index contributed by atoms with van der Waals surface area (Å²) in [6.07, 6.45) is 0.225. The summed E-state index contributed by atoms with van der Waals surface area (Å²) in [5.41, 5.74) is 1.67. The molecule has 200 valence electrons. The van der Waals surface area contributed by atoms with Gasteiger partial charge in [-0.05, 0) is 47.3 Å². The molecule has 1 fully saturated rings. The van der Waals surface area contributed by atoms with Crippen molar-refractivity contribution in [2.45, 2.75) is 89.1 Å². The third kappa shape index (κ3) is 4.96. The van der Waals surface area contributed by atoms with Crippen LogP contribution < -0.4 is 15.3 Å². The standard InChI is InChI=1S/C27H35N3O6S/c1-13(2)16-10-19(14(3)4)25(20(11-16)15(5)6)37(34,35)36-26-23-21(27(33)30(7)29-26)12-22(32)28-24(23)17-8-18(31)9-17/h10-15,17-18,31H,8-9H2,1-7H3,(H,28,32). The Bertz CT molecular complexity index is 1550. The Morgan fingerprint density at radius 3 is 2.05 bits per heavy atom. The molecule has 9 nitrogen and oxygen atoms in total. The first-order valence-electron chi connectivity index (χ1n) is 12.7. The van der Waals surface area contributed by atoms with Gasteiger partial charge in [0, 0.05) is 24.7 Å². The van der Waals surface area contributed by atoms with Gasteiger partial charge < -0.3 is 14.3 Å². The number of pyridine rings is 1. The van der Waals surface area contributed by atoms with Gasteiger partial charge in [-0.1, -0.05) is 53.7 Å². The lowest BCUT2D eigenvalue weighted by Crippen LogP contribution is -2.31. The summed E-state index contributed by atoms with van der Waals surface area (Å²) in [5, 5.41) is 14.2. The molecule has 0 unspecified atom stereocenters. The molecule has 10 heteroatoms. The zero-order chi connectivity index (χ0) is 27.4. The van der Waals surface area contributed by atoms with Gasteiger partial charge in [0.05, 0.1) is 16.9 Å². The van der Waals surface area contributed by atoms with Crippen LogP contribution >= 0.6 is 0 Å². The van der Waals surface area contributed by atoms with Crippen molar-refractivity contribution in [3.05, 3.63) is 61.3 Å². The minimum Gasteiger partial charge on any atom is -0.393 e. The monoisotopic (exact) mass is 529 g/mol. The molecule has 1 saturated carbocycles. The van der Waals surface area contributed by atoms with Gasteiger partial charge in [0.1, 0.15) is 4.90 Å². The maximum absolute atomic E-state index is 14.0. The number of aromatic amines is 1. The molecule has 0 radical (unpaired) electrons. The highest BCUT2D eigenvalue weighted by molar-refractivity contribution is 7.87. The molecule has 37 heavy (non-hydrogen) atoms. The number of H-pyrrole nitrogens is 1. The molecule has 2 aromatic heterocycles. The fourth-order valence-electron chi connectivity index (χ4n) is 4.90. The Balaban J connectivity index is 1.98. The van der Waals surface area contributed by atoms with Crippen molar-refractivity contribution in [2.24, 2.45) is 7.05 Å². The number of rotatable bonds is 7. The maximum atomic E-state index is 14.0. The van der Waals surface area contributed by atoms with E-state index in [-0.39, 0.29) is 45.2 Å². The Hall–Kier alpha value is -2.98. The van der Waals surface area contributed by atoms with E-state index in [2.05, 4.69) is 23.9 Å². The number of aryl methyl sites for hydroxylation is 1. The number of aliphatic hydroxyl groups excluding tert-OH is 1. The summed E-state index contributed by atoms with van der Waals surface area (Å²) in [6, 6.07) is 4.97. The lowest BCUT2D eigenvalue weighted by Gasteiger charge is -2.32. The molecule has 1 aromatic carbocycles. The molecule has 2 N–H and O–H groups in total. The molecule has 2 heterocycles. The highest BCUT2D eigenvalue weighted by atomic mass is 32.2. The average Bonchev–Trinajstić information content (AvgIpc) is 2.78. The van der Waals surface area contributed by atoms with E-state index < -0.39 is 27.3 Å². The number of nitrogens with zero attached hydrogens (tertiary/aromatic N) is 2. The van der Waals surface area contributed by atoms with Crippen LogP contribution in [0.1, 0.15) is 100 Å². The zero-order valence-corrected chi connectivity index (χ0v) is 23.1. The lowest BCUT2D eigenvalue weighted by molar-refractivity contribution is 0.0736. The van der Waals surface area contributed by atoms with Crippen molar-refractivity contribution >= 4 is 20.9 Å². The van der Waals surface area contributed by atoms with Gasteiger partial charge in [0.15, 0.2) is 0 Å². The minimum absolute atomic E-state index is 0.0196. The van der Waals surface area contributed by atoms with E-state index in [4.69, 9.17) is 4.18 Å². The molecule has 1 aliphatic carbocycles. The minimum atomic E-state index is -4.40. The molecule has 4 rings (SSSR count). The second-order valence-corrected chi connectivity index (χ2v) is 12.4. The molecule has 0 aliphatic heterocycles. The number of hydrogen-bond donors (Lipinski definition) is 2. The van der Waals surface area contributed by atoms with E-state index >= 15 is 0 Å². The Kier molecular flexibility index (Phi) is 7.11. The summed E-state index contributed by atoms with van der Waals surface area (Å²) >= 11 is 0. The number of aliphatic hydroxyl groups is 1. The van der Waals surface area contributed by atoms with E-state index in [9.17, 15) is 23.1 Å². The predicted octanol–water partition coefficient (Wildman–Crippen LogP) is 4.00. The SMILES string of the molecule is CC(C)c1cc(C(C)C)c(S(=O)(=O)Oc2nn(C)c(=O)c3cc(=O)[nH]c(C4CC(O)C4)c23)c(C(C)C)c1. The van der Waals surface area contributed by atoms with Gasteiger partial charge in [-0.3, -0.25) is 9.59 Å². The van der Waals surface area contributed by atoms with Crippen LogP contribution in [0.25, 0.3) is 10.8 Å². The first-order chi connectivity index (χ1) is 17.2. The van der Waals surface area contributed by atoms with E-state index in [1.54, 1.807) is 0 Å². The van der Waals surface area contributed by atoms with Gasteiger partial charge in [0.2, 0.25) is 5.56 Å². The molecule has 0 bridgehead atoms. The highest BCUT2D eigenvalue weighted by Gasteiger charge is 2.34. The van der Waals surface area contributed by atoms with Gasteiger partial charge in [0.25, 0.3) is 11.4 Å². The smallest absolute Gasteiger partial charge is 0.341 e. The maximum Gasteiger partial charge on any atom is 0.341 e. The van der Waals surface area contributed by atoms with E-state index in [0.717, 1.165) is 16.3 Å². The number of benzene rings is 1. The van der Waals surface area contributed by atoms with Gasteiger partial charge in [-0.15, -0.1) is 5.10 Å². The van der Waals surface area contributed by atoms with E-state index in [0.29, 0.717) is 29.7 Å². The number of nitrogens with one attached hydrogen (secondary N) is 1. The van der Waals surface area contributed by atoms with Crippen LogP contribution in [0, 0.1) is 0 Å². The fourth-order valence-corrected chi connectivity index (χ4v) is 6.47. The van der Waals surface area contributed by atoms with Crippen LogP contribution in [0.2, 0.25) is 0 Å². The lowest BCUT2D eigenvalue weighted by atomic mass is 9.79. The van der Waals surface area contributed by atoms with Gasteiger partial charge in [-0.2, -0.15) is 8.42 Å². The normalized spacial score (nSPS) is 18.1.